The van der Waals surface area contributed by atoms with Crippen molar-refractivity contribution in [3.05, 3.63) is 76.2 Å². The van der Waals surface area contributed by atoms with E-state index in [4.69, 9.17) is 14.9 Å². The van der Waals surface area contributed by atoms with Gasteiger partial charge >= 0.3 is 0 Å². The zero-order valence-electron chi connectivity index (χ0n) is 17.0. The Morgan fingerprint density at radius 2 is 1.84 bits per heavy atom. The van der Waals surface area contributed by atoms with Gasteiger partial charge in [-0.2, -0.15) is 0 Å². The molecule has 0 radical (unpaired) electrons. The van der Waals surface area contributed by atoms with Crippen molar-refractivity contribution < 1.29 is 22.7 Å². The summed E-state index contributed by atoms with van der Waals surface area (Å²) >= 11 is 1.20. The van der Waals surface area contributed by atoms with Crippen LogP contribution in [0, 0.1) is 32.4 Å². The summed E-state index contributed by atoms with van der Waals surface area (Å²) in [6.07, 6.45) is 1.62. The predicted molar refractivity (Wildman–Crippen MR) is 114 cm³/mol. The number of aryl methyl sites for hydroxylation is 3. The van der Waals surface area contributed by atoms with Gasteiger partial charge in [0.2, 0.25) is 0 Å². The summed E-state index contributed by atoms with van der Waals surface area (Å²) in [6.45, 7) is 5.43. The van der Waals surface area contributed by atoms with Crippen LogP contribution in [-0.2, 0) is 0 Å². The Hall–Kier alpha value is -3.52. The molecule has 0 spiro atoms. The van der Waals surface area contributed by atoms with Gasteiger partial charge in [0, 0.05) is 22.8 Å². The molecule has 0 aliphatic heterocycles. The number of nitrogens with zero attached hydrogens (tertiary/aromatic N) is 1. The first-order valence-corrected chi connectivity index (χ1v) is 10.2. The molecule has 0 bridgehead atoms. The number of aromatic nitrogens is 1. The zero-order chi connectivity index (χ0) is 22.3. The minimum atomic E-state index is -0.808. The van der Waals surface area contributed by atoms with E-state index in [-0.39, 0.29) is 5.75 Å². The van der Waals surface area contributed by atoms with E-state index >= 15 is 0 Å². The highest BCUT2D eigenvalue weighted by Gasteiger charge is 2.20. The van der Waals surface area contributed by atoms with E-state index in [1.807, 2.05) is 19.9 Å². The maximum absolute atomic E-state index is 14.2. The molecule has 1 amide bonds. The fourth-order valence-corrected chi connectivity index (χ4v) is 4.26. The van der Waals surface area contributed by atoms with E-state index in [0.717, 1.165) is 28.8 Å². The molecule has 0 saturated heterocycles. The van der Waals surface area contributed by atoms with Gasteiger partial charge in [-0.3, -0.25) is 4.79 Å². The van der Waals surface area contributed by atoms with Crippen molar-refractivity contribution in [2.24, 2.45) is 5.73 Å². The van der Waals surface area contributed by atoms with Crippen molar-refractivity contribution >= 4 is 17.2 Å². The topological polar surface area (TPSA) is 78.4 Å². The molecule has 2 heterocycles. The molecule has 4 aromatic rings. The number of amides is 1. The second-order valence-corrected chi connectivity index (χ2v) is 8.03. The van der Waals surface area contributed by atoms with E-state index in [1.165, 1.54) is 17.4 Å². The van der Waals surface area contributed by atoms with Crippen molar-refractivity contribution in [2.75, 3.05) is 0 Å². The standard InChI is InChI=1S/C23H18F2N2O3S/c1-11-10-29-13(3)20(11)16-8-14(23-27-12(2)21(31-23)22(26)28)4-6-18(16)30-19-7-5-15(24)9-17(19)25/h4-10H,1-3H3,(H2,26,28). The van der Waals surface area contributed by atoms with Gasteiger partial charge in [0.05, 0.1) is 12.0 Å². The lowest BCUT2D eigenvalue weighted by Crippen LogP contribution is -2.09. The minimum Gasteiger partial charge on any atom is -0.469 e. The quantitative estimate of drug-likeness (QED) is 0.403. The van der Waals surface area contributed by atoms with E-state index in [0.29, 0.717) is 32.7 Å². The molecule has 0 fully saturated rings. The summed E-state index contributed by atoms with van der Waals surface area (Å²) in [4.78, 5) is 16.5. The Balaban J connectivity index is 1.86. The average molecular weight is 440 g/mol. The Morgan fingerprint density at radius 3 is 2.45 bits per heavy atom. The lowest BCUT2D eigenvalue weighted by Gasteiger charge is -2.14. The number of rotatable bonds is 5. The Bertz CT molecular complexity index is 1290. The first-order chi connectivity index (χ1) is 14.7. The number of thiazole rings is 1. The van der Waals surface area contributed by atoms with Crippen molar-refractivity contribution in [3.8, 4) is 33.2 Å². The largest absolute Gasteiger partial charge is 0.469 e. The summed E-state index contributed by atoms with van der Waals surface area (Å²) in [7, 11) is 0. The van der Waals surface area contributed by atoms with Gasteiger partial charge < -0.3 is 14.9 Å². The van der Waals surface area contributed by atoms with Crippen LogP contribution in [0.2, 0.25) is 0 Å². The molecule has 2 N–H and O–H groups in total. The van der Waals surface area contributed by atoms with Crippen LogP contribution in [-0.4, -0.2) is 10.9 Å². The fourth-order valence-electron chi connectivity index (χ4n) is 3.35. The van der Waals surface area contributed by atoms with E-state index in [2.05, 4.69) is 4.98 Å². The highest BCUT2D eigenvalue weighted by Crippen LogP contribution is 2.41. The summed E-state index contributed by atoms with van der Waals surface area (Å²) in [5.41, 5.74) is 9.03. The smallest absolute Gasteiger partial charge is 0.260 e. The first-order valence-electron chi connectivity index (χ1n) is 9.34. The predicted octanol–water partition coefficient (Wildman–Crippen LogP) is 6.16. The van der Waals surface area contributed by atoms with Crippen LogP contribution in [0.1, 0.15) is 26.7 Å². The van der Waals surface area contributed by atoms with Crippen molar-refractivity contribution in [1.29, 1.82) is 0 Å². The van der Waals surface area contributed by atoms with Gasteiger partial charge in [0.1, 0.15) is 27.2 Å². The van der Waals surface area contributed by atoms with E-state index in [9.17, 15) is 13.6 Å². The molecule has 0 unspecified atom stereocenters. The molecule has 0 atom stereocenters. The average Bonchev–Trinajstić information content (AvgIpc) is 3.26. The highest BCUT2D eigenvalue weighted by atomic mass is 32.1. The van der Waals surface area contributed by atoms with E-state index in [1.54, 1.807) is 25.3 Å². The number of furan rings is 1. The molecule has 8 heteroatoms. The van der Waals surface area contributed by atoms with Gasteiger partial charge in [-0.25, -0.2) is 13.8 Å². The highest BCUT2D eigenvalue weighted by molar-refractivity contribution is 7.17. The number of benzene rings is 2. The van der Waals surface area contributed by atoms with Crippen LogP contribution < -0.4 is 10.5 Å². The molecular formula is C23H18F2N2O3S. The van der Waals surface area contributed by atoms with E-state index < -0.39 is 17.5 Å². The molecule has 0 aliphatic carbocycles. The summed E-state index contributed by atoms with van der Waals surface area (Å²) in [5.74, 6) is -1.11. The van der Waals surface area contributed by atoms with Crippen LogP contribution in [0.25, 0.3) is 21.7 Å². The maximum atomic E-state index is 14.2. The third-order valence-electron chi connectivity index (χ3n) is 4.79. The normalized spacial score (nSPS) is 11.0. The third-order valence-corrected chi connectivity index (χ3v) is 6.01. The molecule has 5 nitrogen and oxygen atoms in total. The number of hydrogen-bond acceptors (Lipinski definition) is 5. The lowest BCUT2D eigenvalue weighted by molar-refractivity contribution is 0.100. The Labute approximate surface area is 181 Å². The number of primary amides is 1. The van der Waals surface area contributed by atoms with Gasteiger partial charge in [-0.05, 0) is 56.7 Å². The third kappa shape index (κ3) is 3.94. The molecule has 2 aromatic heterocycles. The Kier molecular flexibility index (Phi) is 5.32. The van der Waals surface area contributed by atoms with Gasteiger partial charge in [0.25, 0.3) is 5.91 Å². The number of nitrogens with two attached hydrogens (primary N) is 1. The lowest BCUT2D eigenvalue weighted by atomic mass is 9.99. The zero-order valence-corrected chi connectivity index (χ0v) is 17.8. The second-order valence-electron chi connectivity index (χ2n) is 7.04. The molecule has 158 valence electrons. The van der Waals surface area contributed by atoms with Crippen molar-refractivity contribution in [3.63, 3.8) is 0 Å². The molecule has 0 aliphatic rings. The van der Waals surface area contributed by atoms with Crippen molar-refractivity contribution in [2.45, 2.75) is 20.8 Å². The minimum absolute atomic E-state index is 0.102. The van der Waals surface area contributed by atoms with Crippen LogP contribution in [0.15, 0.2) is 47.1 Å². The number of ether oxygens (including phenoxy) is 1. The monoisotopic (exact) mass is 440 g/mol. The maximum Gasteiger partial charge on any atom is 0.260 e. The number of halogens is 2. The Morgan fingerprint density at radius 1 is 1.10 bits per heavy atom. The molecule has 31 heavy (non-hydrogen) atoms. The molecular weight excluding hydrogens is 422 g/mol. The van der Waals surface area contributed by atoms with Crippen LogP contribution in [0.4, 0.5) is 8.78 Å². The van der Waals surface area contributed by atoms with Crippen molar-refractivity contribution in [1.82, 2.24) is 4.98 Å². The van der Waals surface area contributed by atoms with Gasteiger partial charge in [-0.1, -0.05) is 0 Å². The number of carbonyl (C=O) groups is 1. The summed E-state index contributed by atoms with van der Waals surface area (Å²) in [6, 6.07) is 8.41. The first kappa shape index (κ1) is 20.7. The summed E-state index contributed by atoms with van der Waals surface area (Å²) < 4.78 is 38.8. The number of carbonyl (C=O) groups excluding carboxylic acids is 1. The second kappa shape index (κ2) is 7.96. The molecule has 0 saturated carbocycles. The molecule has 2 aromatic carbocycles. The number of hydrogen-bond donors (Lipinski definition) is 1. The van der Waals surface area contributed by atoms with Crippen LogP contribution in [0.5, 0.6) is 11.5 Å². The van der Waals surface area contributed by atoms with Gasteiger partial charge in [-0.15, -0.1) is 11.3 Å². The van der Waals surface area contributed by atoms with Crippen LogP contribution in [0.3, 0.4) is 0 Å². The fraction of sp³-hybridized carbons (Fsp3) is 0.130. The molecule has 4 rings (SSSR count). The van der Waals surface area contributed by atoms with Crippen LogP contribution >= 0.6 is 11.3 Å². The van der Waals surface area contributed by atoms with Gasteiger partial charge in [0.15, 0.2) is 11.6 Å². The summed E-state index contributed by atoms with van der Waals surface area (Å²) in [5, 5.41) is 0.617. The SMILES string of the molecule is Cc1coc(C)c1-c1cc(-c2nc(C)c(C(N)=O)s2)ccc1Oc1ccc(F)cc1F.